The van der Waals surface area contributed by atoms with Crippen molar-refractivity contribution in [3.8, 4) is 11.3 Å². The molecule has 8 heteroatoms. The summed E-state index contributed by atoms with van der Waals surface area (Å²) in [5.41, 5.74) is 3.02. The quantitative estimate of drug-likeness (QED) is 0.752. The van der Waals surface area contributed by atoms with Crippen molar-refractivity contribution in [1.29, 1.82) is 0 Å². The maximum Gasteiger partial charge on any atom is 0.268 e. The van der Waals surface area contributed by atoms with Gasteiger partial charge in [0.25, 0.3) is 5.91 Å². The Hall–Kier alpha value is -2.48. The summed E-state index contributed by atoms with van der Waals surface area (Å²) in [6, 6.07) is 2.05. The van der Waals surface area contributed by atoms with Gasteiger partial charge in [-0.25, -0.2) is 9.67 Å². The van der Waals surface area contributed by atoms with E-state index in [0.29, 0.717) is 12.2 Å². The van der Waals surface area contributed by atoms with Gasteiger partial charge in [0.1, 0.15) is 11.4 Å². The van der Waals surface area contributed by atoms with Gasteiger partial charge in [0, 0.05) is 23.2 Å². The first kappa shape index (κ1) is 15.4. The van der Waals surface area contributed by atoms with Crippen molar-refractivity contribution in [3.63, 3.8) is 0 Å². The second-order valence-corrected chi connectivity index (χ2v) is 6.58. The summed E-state index contributed by atoms with van der Waals surface area (Å²) >= 11 is 1.59. The highest BCUT2D eigenvalue weighted by molar-refractivity contribution is 7.09. The molecule has 3 aromatic heterocycles. The van der Waals surface area contributed by atoms with Crippen molar-refractivity contribution in [2.24, 2.45) is 0 Å². The zero-order valence-corrected chi connectivity index (χ0v) is 14.0. The number of hydrogen-bond acceptors (Lipinski definition) is 5. The zero-order chi connectivity index (χ0) is 16.4. The third-order valence-corrected chi connectivity index (χ3v) is 4.13. The average Bonchev–Trinajstić information content (AvgIpc) is 3.24. The first-order valence-electron chi connectivity index (χ1n) is 7.33. The summed E-state index contributed by atoms with van der Waals surface area (Å²) in [4.78, 5) is 19.6. The topological polar surface area (TPSA) is 88.5 Å². The van der Waals surface area contributed by atoms with Crippen molar-refractivity contribution in [2.45, 2.75) is 33.4 Å². The lowest BCUT2D eigenvalue weighted by Crippen LogP contribution is -2.23. The summed E-state index contributed by atoms with van der Waals surface area (Å²) < 4.78 is 1.76. The molecular weight excluding hydrogens is 312 g/mol. The monoisotopic (exact) mass is 330 g/mol. The van der Waals surface area contributed by atoms with Crippen molar-refractivity contribution >= 4 is 17.2 Å². The number of aromatic nitrogens is 5. The molecule has 0 bridgehead atoms. The molecule has 0 radical (unpaired) electrons. The summed E-state index contributed by atoms with van der Waals surface area (Å²) in [6.07, 6.45) is 3.63. The largest absolute Gasteiger partial charge is 0.357 e. The van der Waals surface area contributed by atoms with E-state index in [2.05, 4.69) is 25.6 Å². The van der Waals surface area contributed by atoms with Gasteiger partial charge in [-0.05, 0) is 26.8 Å². The first-order valence-corrected chi connectivity index (χ1v) is 8.20. The van der Waals surface area contributed by atoms with Crippen molar-refractivity contribution in [3.05, 3.63) is 40.2 Å². The molecular formula is C15H18N6OS. The van der Waals surface area contributed by atoms with Gasteiger partial charge in [0.05, 0.1) is 23.4 Å². The molecule has 0 saturated carbocycles. The van der Waals surface area contributed by atoms with Gasteiger partial charge >= 0.3 is 0 Å². The number of rotatable bonds is 5. The number of aryl methyl sites for hydroxylation is 1. The number of H-pyrrole nitrogens is 1. The molecule has 0 aromatic carbocycles. The highest BCUT2D eigenvalue weighted by atomic mass is 32.1. The molecule has 0 saturated heterocycles. The van der Waals surface area contributed by atoms with E-state index in [1.807, 2.05) is 32.3 Å². The Morgan fingerprint density at radius 2 is 2.30 bits per heavy atom. The van der Waals surface area contributed by atoms with Crippen LogP contribution in [0.5, 0.6) is 0 Å². The highest BCUT2D eigenvalue weighted by Crippen LogP contribution is 2.22. The molecule has 0 atom stereocenters. The van der Waals surface area contributed by atoms with E-state index >= 15 is 0 Å². The van der Waals surface area contributed by atoms with Crippen LogP contribution in [0.2, 0.25) is 0 Å². The predicted molar refractivity (Wildman–Crippen MR) is 88.2 cm³/mol. The molecule has 0 fully saturated rings. The van der Waals surface area contributed by atoms with Crippen LogP contribution < -0.4 is 5.32 Å². The lowest BCUT2D eigenvalue weighted by molar-refractivity contribution is 0.0946. The fraction of sp³-hybridized carbons (Fsp3) is 0.333. The van der Waals surface area contributed by atoms with Gasteiger partial charge in [0.2, 0.25) is 0 Å². The molecule has 3 rings (SSSR count). The second kappa shape index (κ2) is 6.33. The summed E-state index contributed by atoms with van der Waals surface area (Å²) in [7, 11) is 0. The maximum atomic E-state index is 12.2. The molecule has 1 amide bonds. The lowest BCUT2D eigenvalue weighted by atomic mass is 10.2. The Kier molecular flexibility index (Phi) is 4.24. The van der Waals surface area contributed by atoms with E-state index in [-0.39, 0.29) is 11.9 Å². The molecule has 7 nitrogen and oxygen atoms in total. The van der Waals surface area contributed by atoms with Crippen molar-refractivity contribution < 1.29 is 4.79 Å². The molecule has 3 aromatic rings. The molecule has 23 heavy (non-hydrogen) atoms. The molecule has 2 N–H and O–H groups in total. The zero-order valence-electron chi connectivity index (χ0n) is 13.2. The van der Waals surface area contributed by atoms with Crippen molar-refractivity contribution in [1.82, 2.24) is 30.3 Å². The van der Waals surface area contributed by atoms with E-state index in [1.165, 1.54) is 0 Å². The number of thiazole rings is 1. The molecule has 0 aliphatic carbocycles. The number of carbonyl (C=O) groups is 1. The van der Waals surface area contributed by atoms with Crippen LogP contribution in [-0.2, 0) is 6.54 Å². The number of aromatic amines is 1. The number of amides is 1. The standard InChI is InChI=1S/C15H18N6OS/c1-9(2)21-7-12(19-20-21)6-17-15(22)13-4-11(5-16-13)14-8-23-10(3)18-14/h4-5,7-9,16H,6H2,1-3H3,(H,17,22). The van der Waals surface area contributed by atoms with Crippen LogP contribution in [0.3, 0.4) is 0 Å². The van der Waals surface area contributed by atoms with Gasteiger partial charge in [-0.3, -0.25) is 4.79 Å². The van der Waals surface area contributed by atoms with Crippen LogP contribution in [0.1, 0.15) is 41.1 Å². The second-order valence-electron chi connectivity index (χ2n) is 5.52. The number of carbonyl (C=O) groups excluding carboxylic acids is 1. The Labute approximate surface area is 137 Å². The Morgan fingerprint density at radius 1 is 1.48 bits per heavy atom. The lowest BCUT2D eigenvalue weighted by Gasteiger charge is -2.02. The van der Waals surface area contributed by atoms with Crippen LogP contribution in [0.4, 0.5) is 0 Å². The smallest absolute Gasteiger partial charge is 0.268 e. The van der Waals surface area contributed by atoms with Crippen LogP contribution in [0, 0.1) is 6.92 Å². The van der Waals surface area contributed by atoms with E-state index in [1.54, 1.807) is 28.3 Å². The van der Waals surface area contributed by atoms with Gasteiger partial charge in [0.15, 0.2) is 0 Å². The minimum absolute atomic E-state index is 0.178. The molecule has 120 valence electrons. The van der Waals surface area contributed by atoms with Crippen LogP contribution in [-0.4, -0.2) is 30.9 Å². The van der Waals surface area contributed by atoms with Crippen LogP contribution >= 0.6 is 11.3 Å². The average molecular weight is 330 g/mol. The van der Waals surface area contributed by atoms with Gasteiger partial charge < -0.3 is 10.3 Å². The normalized spacial score (nSPS) is 11.1. The minimum atomic E-state index is -0.178. The Bertz CT molecular complexity index is 815. The fourth-order valence-corrected chi connectivity index (χ4v) is 2.70. The summed E-state index contributed by atoms with van der Waals surface area (Å²) in [5.74, 6) is -0.178. The molecule has 0 unspecified atom stereocenters. The predicted octanol–water partition coefficient (Wildman–Crippen LogP) is 2.55. The van der Waals surface area contributed by atoms with Gasteiger partial charge in [-0.2, -0.15) is 0 Å². The van der Waals surface area contributed by atoms with Crippen LogP contribution in [0.15, 0.2) is 23.8 Å². The molecule has 0 aliphatic heterocycles. The SMILES string of the molecule is Cc1nc(-c2c[nH]c(C(=O)NCc3cn(C(C)C)nn3)c2)cs1. The van der Waals surface area contributed by atoms with Gasteiger partial charge in [-0.1, -0.05) is 5.21 Å². The van der Waals surface area contributed by atoms with E-state index in [4.69, 9.17) is 0 Å². The Morgan fingerprint density at radius 3 is 2.96 bits per heavy atom. The van der Waals surface area contributed by atoms with E-state index in [9.17, 15) is 4.79 Å². The van der Waals surface area contributed by atoms with E-state index in [0.717, 1.165) is 22.0 Å². The molecule has 0 spiro atoms. The third-order valence-electron chi connectivity index (χ3n) is 3.36. The number of nitrogens with zero attached hydrogens (tertiary/aromatic N) is 4. The molecule has 0 aliphatic rings. The van der Waals surface area contributed by atoms with Crippen molar-refractivity contribution in [2.75, 3.05) is 0 Å². The van der Waals surface area contributed by atoms with Gasteiger partial charge in [-0.15, -0.1) is 16.4 Å². The number of nitrogens with one attached hydrogen (secondary N) is 2. The maximum absolute atomic E-state index is 12.2. The molecule has 3 heterocycles. The number of hydrogen-bond donors (Lipinski definition) is 2. The summed E-state index contributed by atoms with van der Waals surface area (Å²) in [5, 5.41) is 13.9. The van der Waals surface area contributed by atoms with E-state index < -0.39 is 0 Å². The highest BCUT2D eigenvalue weighted by Gasteiger charge is 2.12. The first-order chi connectivity index (χ1) is 11.0. The minimum Gasteiger partial charge on any atom is -0.357 e. The van der Waals surface area contributed by atoms with Crippen LogP contribution in [0.25, 0.3) is 11.3 Å². The summed E-state index contributed by atoms with van der Waals surface area (Å²) in [6.45, 7) is 6.35. The fourth-order valence-electron chi connectivity index (χ4n) is 2.08. The third kappa shape index (κ3) is 3.48. The Balaban J connectivity index is 1.63.